The van der Waals surface area contributed by atoms with Gasteiger partial charge in [-0.1, -0.05) is 54.6 Å². The lowest BCUT2D eigenvalue weighted by Gasteiger charge is -2.16. The molecule has 0 unspecified atom stereocenters. The average Bonchev–Trinajstić information content (AvgIpc) is 2.73. The summed E-state index contributed by atoms with van der Waals surface area (Å²) in [6, 6.07) is 20.2. The summed E-state index contributed by atoms with van der Waals surface area (Å²) in [5.41, 5.74) is 2.50. The predicted octanol–water partition coefficient (Wildman–Crippen LogP) is 2.65. The summed E-state index contributed by atoms with van der Waals surface area (Å²) < 4.78 is 10.2. The molecule has 0 saturated carbocycles. The normalized spacial score (nSPS) is 11.8. The molecule has 6 heteroatoms. The Morgan fingerprint density at radius 3 is 2.54 bits per heavy atom. The second kappa shape index (κ2) is 9.62. The van der Waals surface area contributed by atoms with Gasteiger partial charge in [-0.05, 0) is 17.7 Å². The topological polar surface area (TPSA) is 77.5 Å². The van der Waals surface area contributed by atoms with Crippen LogP contribution in [0.4, 0.5) is 0 Å². The molecule has 1 N–H and O–H groups in total. The third-order valence-corrected chi connectivity index (χ3v) is 4.23. The highest BCUT2D eigenvalue weighted by molar-refractivity contribution is 5.85. The molecule has 1 amide bonds. The van der Waals surface area contributed by atoms with Crippen molar-refractivity contribution < 1.29 is 19.1 Å². The molecular weight excluding hydrogens is 356 g/mol. The van der Waals surface area contributed by atoms with Crippen molar-refractivity contribution in [2.45, 2.75) is 19.1 Å². The molecule has 0 aliphatic carbocycles. The molecule has 0 fully saturated rings. The fourth-order valence-electron chi connectivity index (χ4n) is 2.84. The van der Waals surface area contributed by atoms with Crippen molar-refractivity contribution in [1.29, 1.82) is 0 Å². The molecule has 3 aromatic rings. The van der Waals surface area contributed by atoms with Crippen LogP contribution in [-0.4, -0.2) is 36.6 Å². The Kier molecular flexibility index (Phi) is 6.70. The van der Waals surface area contributed by atoms with Gasteiger partial charge in [0.1, 0.15) is 12.6 Å². The van der Waals surface area contributed by atoms with Crippen LogP contribution in [0.2, 0.25) is 0 Å². The third kappa shape index (κ3) is 5.37. The molecule has 6 nitrogen and oxygen atoms in total. The number of benzene rings is 2. The number of amides is 1. The number of pyridine rings is 1. The number of nitrogens with zero attached hydrogens (tertiary/aromatic N) is 1. The van der Waals surface area contributed by atoms with E-state index < -0.39 is 12.0 Å². The Morgan fingerprint density at radius 2 is 1.75 bits per heavy atom. The lowest BCUT2D eigenvalue weighted by Crippen LogP contribution is -2.44. The van der Waals surface area contributed by atoms with E-state index >= 15 is 0 Å². The minimum atomic E-state index is -0.827. The van der Waals surface area contributed by atoms with Crippen LogP contribution in [0.5, 0.6) is 0 Å². The maximum atomic E-state index is 12.2. The molecule has 0 saturated heterocycles. The first-order valence-electron chi connectivity index (χ1n) is 8.99. The molecule has 1 atom stereocenters. The van der Waals surface area contributed by atoms with Crippen LogP contribution >= 0.6 is 0 Å². The first-order valence-corrected chi connectivity index (χ1v) is 8.99. The molecule has 0 spiro atoms. The number of hydrogen-bond acceptors (Lipinski definition) is 5. The molecule has 1 aromatic heterocycles. The van der Waals surface area contributed by atoms with E-state index in [-0.39, 0.29) is 18.9 Å². The van der Waals surface area contributed by atoms with E-state index in [1.54, 1.807) is 0 Å². The minimum Gasteiger partial charge on any atom is -0.467 e. The number of fused-ring (bicyclic) bond motifs is 1. The highest BCUT2D eigenvalue weighted by atomic mass is 16.5. The Morgan fingerprint density at radius 1 is 1.00 bits per heavy atom. The van der Waals surface area contributed by atoms with Gasteiger partial charge in [0, 0.05) is 17.5 Å². The van der Waals surface area contributed by atoms with Crippen molar-refractivity contribution in [3.63, 3.8) is 0 Å². The van der Waals surface area contributed by atoms with Gasteiger partial charge in [-0.25, -0.2) is 4.79 Å². The lowest BCUT2D eigenvalue weighted by atomic mass is 10.1. The zero-order valence-corrected chi connectivity index (χ0v) is 15.6. The van der Waals surface area contributed by atoms with E-state index in [1.165, 1.54) is 7.11 Å². The van der Waals surface area contributed by atoms with Gasteiger partial charge in [0.2, 0.25) is 5.91 Å². The van der Waals surface area contributed by atoms with Crippen LogP contribution in [0.1, 0.15) is 11.3 Å². The molecule has 2 aromatic carbocycles. The summed E-state index contributed by atoms with van der Waals surface area (Å²) in [4.78, 5) is 28.9. The lowest BCUT2D eigenvalue weighted by molar-refractivity contribution is -0.145. The second-order valence-corrected chi connectivity index (χ2v) is 6.32. The number of carbonyl (C=O) groups is 2. The SMILES string of the molecule is COC(=O)[C@H](Cc1ccc2ccccc2n1)NC(=O)COCc1ccccc1. The zero-order valence-electron chi connectivity index (χ0n) is 15.6. The number of rotatable bonds is 8. The fourth-order valence-corrected chi connectivity index (χ4v) is 2.84. The maximum absolute atomic E-state index is 12.2. The number of carbonyl (C=O) groups excluding carboxylic acids is 2. The van der Waals surface area contributed by atoms with Crippen LogP contribution in [-0.2, 0) is 32.1 Å². The van der Waals surface area contributed by atoms with Gasteiger partial charge in [0.25, 0.3) is 0 Å². The highest BCUT2D eigenvalue weighted by Crippen LogP contribution is 2.13. The van der Waals surface area contributed by atoms with Gasteiger partial charge in [-0.3, -0.25) is 9.78 Å². The summed E-state index contributed by atoms with van der Waals surface area (Å²) in [7, 11) is 1.29. The minimum absolute atomic E-state index is 0.145. The highest BCUT2D eigenvalue weighted by Gasteiger charge is 2.22. The van der Waals surface area contributed by atoms with E-state index in [1.807, 2.05) is 66.7 Å². The molecule has 0 bridgehead atoms. The first-order chi connectivity index (χ1) is 13.7. The molecule has 3 rings (SSSR count). The van der Waals surface area contributed by atoms with Crippen LogP contribution in [0.3, 0.4) is 0 Å². The molecular formula is C22H22N2O4. The smallest absolute Gasteiger partial charge is 0.328 e. The monoisotopic (exact) mass is 378 g/mol. The summed E-state index contributed by atoms with van der Waals surface area (Å²) in [6.45, 7) is 0.177. The quantitative estimate of drug-likeness (QED) is 0.610. The second-order valence-electron chi connectivity index (χ2n) is 6.32. The standard InChI is InChI=1S/C22H22N2O4/c1-27-22(26)20(13-18-12-11-17-9-5-6-10-19(17)23-18)24-21(25)15-28-14-16-7-3-2-4-8-16/h2-12,20H,13-15H2,1H3,(H,24,25)/t20-/m0/s1. The Balaban J connectivity index is 1.59. The van der Waals surface area contributed by atoms with Crippen molar-refractivity contribution in [2.24, 2.45) is 0 Å². The van der Waals surface area contributed by atoms with Crippen molar-refractivity contribution in [2.75, 3.05) is 13.7 Å². The van der Waals surface area contributed by atoms with E-state index in [0.717, 1.165) is 16.5 Å². The third-order valence-electron chi connectivity index (χ3n) is 4.23. The summed E-state index contributed by atoms with van der Waals surface area (Å²) in [5, 5.41) is 3.69. The summed E-state index contributed by atoms with van der Waals surface area (Å²) >= 11 is 0. The van der Waals surface area contributed by atoms with Crippen LogP contribution in [0, 0.1) is 0 Å². The Labute approximate surface area is 163 Å². The van der Waals surface area contributed by atoms with E-state index in [4.69, 9.17) is 9.47 Å². The van der Waals surface area contributed by atoms with E-state index in [9.17, 15) is 9.59 Å². The largest absolute Gasteiger partial charge is 0.467 e. The number of methoxy groups -OCH3 is 1. The average molecular weight is 378 g/mol. The van der Waals surface area contributed by atoms with E-state index in [2.05, 4.69) is 10.3 Å². The molecule has 1 heterocycles. The van der Waals surface area contributed by atoms with Crippen LogP contribution < -0.4 is 5.32 Å². The van der Waals surface area contributed by atoms with Gasteiger partial charge in [-0.2, -0.15) is 0 Å². The summed E-state index contributed by atoms with van der Waals surface area (Å²) in [6.07, 6.45) is 0.238. The molecule has 0 radical (unpaired) electrons. The van der Waals surface area contributed by atoms with Gasteiger partial charge < -0.3 is 14.8 Å². The molecule has 144 valence electrons. The number of para-hydroxylation sites is 1. The molecule has 0 aliphatic heterocycles. The van der Waals surface area contributed by atoms with Gasteiger partial charge in [-0.15, -0.1) is 0 Å². The number of aromatic nitrogens is 1. The fraction of sp³-hybridized carbons (Fsp3) is 0.227. The molecule has 28 heavy (non-hydrogen) atoms. The van der Waals surface area contributed by atoms with Crippen molar-refractivity contribution in [3.8, 4) is 0 Å². The Hall–Kier alpha value is -3.25. The van der Waals surface area contributed by atoms with Crippen molar-refractivity contribution in [1.82, 2.24) is 10.3 Å². The molecule has 0 aliphatic rings. The maximum Gasteiger partial charge on any atom is 0.328 e. The summed E-state index contributed by atoms with van der Waals surface area (Å²) in [5.74, 6) is -0.904. The van der Waals surface area contributed by atoms with Crippen LogP contribution in [0.25, 0.3) is 10.9 Å². The van der Waals surface area contributed by atoms with Gasteiger partial charge >= 0.3 is 5.97 Å². The number of ether oxygens (including phenoxy) is 2. The zero-order chi connectivity index (χ0) is 19.8. The van der Waals surface area contributed by atoms with Crippen molar-refractivity contribution in [3.05, 3.63) is 78.0 Å². The number of hydrogen-bond donors (Lipinski definition) is 1. The van der Waals surface area contributed by atoms with E-state index in [0.29, 0.717) is 12.3 Å². The Bertz CT molecular complexity index is 943. The van der Waals surface area contributed by atoms with Gasteiger partial charge in [0.05, 0.1) is 19.2 Å². The van der Waals surface area contributed by atoms with Crippen LogP contribution in [0.15, 0.2) is 66.7 Å². The predicted molar refractivity (Wildman–Crippen MR) is 105 cm³/mol. The number of esters is 1. The number of nitrogens with one attached hydrogen (secondary N) is 1. The van der Waals surface area contributed by atoms with Gasteiger partial charge in [0.15, 0.2) is 0 Å². The first kappa shape index (κ1) is 19.5. The van der Waals surface area contributed by atoms with Crippen molar-refractivity contribution >= 4 is 22.8 Å².